The van der Waals surface area contributed by atoms with Crippen LogP contribution >= 0.6 is 0 Å². The van der Waals surface area contributed by atoms with Crippen LogP contribution in [0.3, 0.4) is 0 Å². The molecule has 0 saturated heterocycles. The van der Waals surface area contributed by atoms with Crippen molar-refractivity contribution in [2.45, 2.75) is 6.92 Å². The Kier molecular flexibility index (Phi) is 4.71. The first-order valence-electron chi connectivity index (χ1n) is 4.99. The predicted molar refractivity (Wildman–Crippen MR) is 61.7 cm³/mol. The number of halogens is 1. The molecule has 0 aromatic heterocycles. The van der Waals surface area contributed by atoms with Gasteiger partial charge >= 0.3 is 0 Å². The van der Waals surface area contributed by atoms with Crippen molar-refractivity contribution in [2.24, 2.45) is 0 Å². The van der Waals surface area contributed by atoms with Crippen LogP contribution in [0.15, 0.2) is 42.5 Å². The summed E-state index contributed by atoms with van der Waals surface area (Å²) in [5, 5.41) is 4.51. The summed E-state index contributed by atoms with van der Waals surface area (Å²) in [5.41, 5.74) is 1.23. The topological polar surface area (TPSA) is 0 Å². The van der Waals surface area contributed by atoms with Gasteiger partial charge < -0.3 is 0 Å². The van der Waals surface area contributed by atoms with E-state index in [1.54, 1.807) is 6.07 Å². The van der Waals surface area contributed by atoms with Gasteiger partial charge in [-0.3, -0.25) is 0 Å². The van der Waals surface area contributed by atoms with E-state index in [0.29, 0.717) is 0 Å². The van der Waals surface area contributed by atoms with E-state index < -0.39 is 0 Å². The van der Waals surface area contributed by atoms with E-state index in [4.69, 9.17) is 0 Å². The second kappa shape index (κ2) is 5.47. The number of aryl methyl sites for hydroxylation is 1. The van der Waals surface area contributed by atoms with Crippen LogP contribution in [0.1, 0.15) is 5.56 Å². The van der Waals surface area contributed by atoms with E-state index in [9.17, 15) is 4.39 Å². The van der Waals surface area contributed by atoms with Gasteiger partial charge in [-0.25, -0.2) is 4.39 Å². The summed E-state index contributed by atoms with van der Waals surface area (Å²) in [6.07, 6.45) is 0. The molecule has 0 nitrogen and oxygen atoms in total. The average molecular weight is 570 g/mol. The third-order valence-electron chi connectivity index (χ3n) is 2.82. The molecule has 17 heavy (non-hydrogen) atoms. The summed E-state index contributed by atoms with van der Waals surface area (Å²) in [4.78, 5) is 0. The molecule has 0 aliphatic heterocycles. The van der Waals surface area contributed by atoms with Crippen LogP contribution in [0.4, 0.5) is 4.39 Å². The molecular weight excluding hydrogens is 560 g/mol. The van der Waals surface area contributed by atoms with Crippen LogP contribution in [-0.4, -0.2) is 0 Å². The number of rotatable bonds is 0. The molecule has 0 aliphatic rings. The van der Waals surface area contributed by atoms with Gasteiger partial charge in [-0.1, -0.05) is 29.8 Å². The van der Waals surface area contributed by atoms with E-state index in [-0.39, 0.29) is 46.7 Å². The molecule has 0 atom stereocenters. The second-order valence-electron chi connectivity index (χ2n) is 3.97. The fraction of sp³-hybridized carbons (Fsp3) is 0.0714. The SMILES string of the molecule is Cc1ccc2c(c1)[cH-]c1cc(F)ccc12.[Re].[Re]. The Balaban J connectivity index is 0.000000722. The molecule has 88 valence electrons. The summed E-state index contributed by atoms with van der Waals surface area (Å²) < 4.78 is 13.0. The number of hydrogen-bond acceptors (Lipinski definition) is 0. The molecule has 0 unspecified atom stereocenters. The molecule has 0 amide bonds. The molecule has 3 aromatic rings. The van der Waals surface area contributed by atoms with Crippen molar-refractivity contribution in [1.29, 1.82) is 0 Å². The monoisotopic (exact) mass is 571 g/mol. The van der Waals surface area contributed by atoms with E-state index in [1.165, 1.54) is 22.4 Å². The molecule has 0 saturated carbocycles. The van der Waals surface area contributed by atoms with Gasteiger partial charge in [0.15, 0.2) is 0 Å². The van der Waals surface area contributed by atoms with Gasteiger partial charge in [-0.05, 0) is 13.0 Å². The fourth-order valence-corrected chi connectivity index (χ4v) is 2.11. The summed E-state index contributed by atoms with van der Waals surface area (Å²) >= 11 is 0. The number of benzene rings is 2. The van der Waals surface area contributed by atoms with Gasteiger partial charge in [0.05, 0.1) is 5.82 Å². The zero-order valence-corrected chi connectivity index (χ0v) is 14.6. The van der Waals surface area contributed by atoms with Gasteiger partial charge in [0.1, 0.15) is 0 Å². The minimum atomic E-state index is -0.172. The molecule has 0 aliphatic carbocycles. The van der Waals surface area contributed by atoms with E-state index >= 15 is 0 Å². The molecule has 0 spiro atoms. The summed E-state index contributed by atoms with van der Waals surface area (Å²) in [5.74, 6) is -0.172. The van der Waals surface area contributed by atoms with Crippen LogP contribution in [0, 0.1) is 12.7 Å². The second-order valence-corrected chi connectivity index (χ2v) is 3.97. The Morgan fingerprint density at radius 3 is 2.18 bits per heavy atom. The minimum absolute atomic E-state index is 0. The smallest absolute Gasteiger partial charge is 0.0898 e. The van der Waals surface area contributed by atoms with Crippen molar-refractivity contribution in [1.82, 2.24) is 0 Å². The van der Waals surface area contributed by atoms with E-state index in [0.717, 1.165) is 10.8 Å². The minimum Gasteiger partial charge on any atom is -0.216 e. The van der Waals surface area contributed by atoms with Crippen LogP contribution < -0.4 is 0 Å². The number of fused-ring (bicyclic) bond motifs is 3. The van der Waals surface area contributed by atoms with Crippen molar-refractivity contribution in [2.75, 3.05) is 0 Å². The maximum Gasteiger partial charge on any atom is 0.0898 e. The predicted octanol–water partition coefficient (Wildman–Crippen LogP) is 4.15. The molecule has 0 N–H and O–H groups in total. The first kappa shape index (κ1) is 14.6. The zero-order valence-electron chi connectivity index (χ0n) is 9.18. The van der Waals surface area contributed by atoms with Crippen molar-refractivity contribution in [3.63, 3.8) is 0 Å². The molecule has 0 heterocycles. The molecule has 3 aromatic carbocycles. The van der Waals surface area contributed by atoms with E-state index in [2.05, 4.69) is 25.1 Å². The summed E-state index contributed by atoms with van der Waals surface area (Å²) in [7, 11) is 0. The first-order chi connectivity index (χ1) is 7.24. The van der Waals surface area contributed by atoms with Crippen LogP contribution in [-0.2, 0) is 40.8 Å². The maximum absolute atomic E-state index is 13.0. The standard InChI is InChI=1S/C14H10F.2Re/c1-9-2-4-13-10(6-9)7-11-8-12(15)3-5-14(11)13;;/h2-8H,1H3;;/q-1;;. The van der Waals surface area contributed by atoms with E-state index in [1.807, 2.05) is 12.1 Å². The molecule has 0 bridgehead atoms. The maximum atomic E-state index is 13.0. The Morgan fingerprint density at radius 1 is 0.882 bits per heavy atom. The fourth-order valence-electron chi connectivity index (χ4n) is 2.11. The average Bonchev–Trinajstić information content (AvgIpc) is 2.53. The molecule has 3 rings (SSSR count). The van der Waals surface area contributed by atoms with Crippen molar-refractivity contribution in [3.05, 3.63) is 53.8 Å². The third-order valence-corrected chi connectivity index (χ3v) is 2.82. The zero-order chi connectivity index (χ0) is 10.4. The van der Waals surface area contributed by atoms with Crippen LogP contribution in [0.25, 0.3) is 21.5 Å². The van der Waals surface area contributed by atoms with Crippen molar-refractivity contribution < 1.29 is 45.2 Å². The normalized spacial score (nSPS) is 10.0. The summed E-state index contributed by atoms with van der Waals surface area (Å²) in [6, 6.07) is 13.3. The van der Waals surface area contributed by atoms with Gasteiger partial charge in [0.25, 0.3) is 0 Å². The summed E-state index contributed by atoms with van der Waals surface area (Å²) in [6.45, 7) is 2.07. The van der Waals surface area contributed by atoms with Gasteiger partial charge in [0.2, 0.25) is 0 Å². The Hall–Kier alpha value is -0.435. The van der Waals surface area contributed by atoms with Gasteiger partial charge in [-0.2, -0.15) is 0 Å². The quantitative estimate of drug-likeness (QED) is 0.357. The van der Waals surface area contributed by atoms with Crippen molar-refractivity contribution in [3.8, 4) is 0 Å². The molecule has 2 radical (unpaired) electrons. The Labute approximate surface area is 127 Å². The van der Waals surface area contributed by atoms with Crippen LogP contribution in [0.5, 0.6) is 0 Å². The van der Waals surface area contributed by atoms with Crippen molar-refractivity contribution >= 4 is 21.5 Å². The Bertz CT molecular complexity index is 599. The largest absolute Gasteiger partial charge is 0.216 e. The van der Waals surface area contributed by atoms with Gasteiger partial charge in [0, 0.05) is 40.8 Å². The molecule has 0 fully saturated rings. The van der Waals surface area contributed by atoms with Crippen LogP contribution in [0.2, 0.25) is 0 Å². The third kappa shape index (κ3) is 2.54. The first-order valence-corrected chi connectivity index (χ1v) is 4.99. The molecular formula is C14H10FRe2-. The van der Waals surface area contributed by atoms with Gasteiger partial charge in [-0.15, -0.1) is 33.7 Å². The number of hydrogen-bond donors (Lipinski definition) is 0. The molecule has 3 heteroatoms. The Morgan fingerprint density at radius 2 is 1.47 bits per heavy atom.